The summed E-state index contributed by atoms with van der Waals surface area (Å²) in [6, 6.07) is 10.5. The average Bonchev–Trinajstić information content (AvgIpc) is 2.41. The van der Waals surface area contributed by atoms with Gasteiger partial charge in [-0.3, -0.25) is 0 Å². The first-order valence-corrected chi connectivity index (χ1v) is 6.15. The van der Waals surface area contributed by atoms with Crippen molar-refractivity contribution in [3.63, 3.8) is 0 Å². The molecule has 2 aromatic carbocycles. The van der Waals surface area contributed by atoms with Crippen molar-refractivity contribution in [1.82, 2.24) is 0 Å². The van der Waals surface area contributed by atoms with Crippen LogP contribution in [0.4, 0.5) is 14.5 Å². The topological polar surface area (TPSA) is 38.0 Å². The van der Waals surface area contributed by atoms with Gasteiger partial charge in [0.15, 0.2) is 11.6 Å². The van der Waals surface area contributed by atoms with Crippen molar-refractivity contribution in [2.45, 2.75) is 6.04 Å². The van der Waals surface area contributed by atoms with Gasteiger partial charge in [0.05, 0.1) is 6.04 Å². The number of halogens is 3. The van der Waals surface area contributed by atoms with Gasteiger partial charge in [0.2, 0.25) is 0 Å². The van der Waals surface area contributed by atoms with E-state index in [1.165, 1.54) is 6.07 Å². The highest BCUT2D eigenvalue weighted by Crippen LogP contribution is 2.21. The molecule has 0 saturated heterocycles. The van der Waals surface area contributed by atoms with Crippen LogP contribution in [0, 0.1) is 11.6 Å². The molecule has 3 N–H and O–H groups in total. The summed E-state index contributed by atoms with van der Waals surface area (Å²) in [5.74, 6) is -1.75. The summed E-state index contributed by atoms with van der Waals surface area (Å²) < 4.78 is 26.1. The molecule has 0 radical (unpaired) electrons. The SMILES string of the molecule is NCC(Nc1ccc(Cl)cc1)c1ccc(F)c(F)c1. The smallest absolute Gasteiger partial charge is 0.159 e. The van der Waals surface area contributed by atoms with Crippen LogP contribution in [0.2, 0.25) is 5.02 Å². The lowest BCUT2D eigenvalue weighted by Gasteiger charge is -2.18. The van der Waals surface area contributed by atoms with Crippen LogP contribution in [0.15, 0.2) is 42.5 Å². The Kier molecular flexibility index (Phi) is 4.35. The van der Waals surface area contributed by atoms with Crippen LogP contribution in [-0.2, 0) is 0 Å². The van der Waals surface area contributed by atoms with Crippen LogP contribution in [0.3, 0.4) is 0 Å². The molecule has 0 aliphatic heterocycles. The first kappa shape index (κ1) is 13.8. The molecule has 0 aromatic heterocycles. The van der Waals surface area contributed by atoms with Crippen molar-refractivity contribution >= 4 is 17.3 Å². The van der Waals surface area contributed by atoms with E-state index in [9.17, 15) is 8.78 Å². The molecule has 0 heterocycles. The number of anilines is 1. The number of rotatable bonds is 4. The summed E-state index contributed by atoms with van der Waals surface area (Å²) in [6.45, 7) is 0.258. The van der Waals surface area contributed by atoms with Gasteiger partial charge >= 0.3 is 0 Å². The second-order valence-corrected chi connectivity index (χ2v) is 4.55. The Hall–Kier alpha value is -1.65. The first-order valence-electron chi connectivity index (χ1n) is 5.77. The molecule has 1 atom stereocenters. The average molecular weight is 283 g/mol. The zero-order valence-corrected chi connectivity index (χ0v) is 10.8. The molecular formula is C14H13ClF2N2. The summed E-state index contributed by atoms with van der Waals surface area (Å²) in [6.07, 6.45) is 0. The minimum Gasteiger partial charge on any atom is -0.377 e. The third-order valence-corrected chi connectivity index (χ3v) is 3.02. The van der Waals surface area contributed by atoms with Crippen molar-refractivity contribution < 1.29 is 8.78 Å². The van der Waals surface area contributed by atoms with Gasteiger partial charge in [-0.05, 0) is 42.0 Å². The van der Waals surface area contributed by atoms with E-state index in [0.717, 1.165) is 17.8 Å². The lowest BCUT2D eigenvalue weighted by Crippen LogP contribution is -2.20. The number of nitrogens with two attached hydrogens (primary N) is 1. The quantitative estimate of drug-likeness (QED) is 0.897. The molecule has 19 heavy (non-hydrogen) atoms. The summed E-state index contributed by atoms with van der Waals surface area (Å²) in [5.41, 5.74) is 7.07. The number of nitrogens with one attached hydrogen (secondary N) is 1. The maximum absolute atomic E-state index is 13.2. The largest absolute Gasteiger partial charge is 0.377 e. The molecule has 2 nitrogen and oxygen atoms in total. The Morgan fingerprint density at radius 2 is 1.74 bits per heavy atom. The van der Waals surface area contributed by atoms with Crippen LogP contribution in [0.1, 0.15) is 11.6 Å². The minimum absolute atomic E-state index is 0.258. The molecule has 0 spiro atoms. The van der Waals surface area contributed by atoms with E-state index in [0.29, 0.717) is 10.6 Å². The Balaban J connectivity index is 2.19. The Morgan fingerprint density at radius 3 is 2.32 bits per heavy atom. The second-order valence-electron chi connectivity index (χ2n) is 4.11. The lowest BCUT2D eigenvalue weighted by molar-refractivity contribution is 0.506. The van der Waals surface area contributed by atoms with E-state index >= 15 is 0 Å². The van der Waals surface area contributed by atoms with Gasteiger partial charge in [-0.25, -0.2) is 8.78 Å². The predicted molar refractivity (Wildman–Crippen MR) is 73.2 cm³/mol. The van der Waals surface area contributed by atoms with E-state index < -0.39 is 11.6 Å². The molecule has 0 fully saturated rings. The molecular weight excluding hydrogens is 270 g/mol. The summed E-state index contributed by atoms with van der Waals surface area (Å²) in [7, 11) is 0. The van der Waals surface area contributed by atoms with Crippen molar-refractivity contribution in [3.8, 4) is 0 Å². The van der Waals surface area contributed by atoms with Gasteiger partial charge in [-0.15, -0.1) is 0 Å². The normalized spacial score (nSPS) is 12.2. The standard InChI is InChI=1S/C14H13ClF2N2/c15-10-2-4-11(5-3-10)19-14(8-18)9-1-6-12(16)13(17)7-9/h1-7,14,19H,8,18H2. The van der Waals surface area contributed by atoms with Crippen LogP contribution in [0.5, 0.6) is 0 Å². The van der Waals surface area contributed by atoms with Crippen LogP contribution in [-0.4, -0.2) is 6.54 Å². The summed E-state index contributed by atoms with van der Waals surface area (Å²) >= 11 is 5.79. The maximum Gasteiger partial charge on any atom is 0.159 e. The van der Waals surface area contributed by atoms with Gasteiger partial charge in [0.25, 0.3) is 0 Å². The van der Waals surface area contributed by atoms with E-state index in [2.05, 4.69) is 5.32 Å². The van der Waals surface area contributed by atoms with Gasteiger partial charge in [-0.2, -0.15) is 0 Å². The fraction of sp³-hybridized carbons (Fsp3) is 0.143. The monoisotopic (exact) mass is 282 g/mol. The molecule has 0 bridgehead atoms. The highest BCUT2D eigenvalue weighted by atomic mass is 35.5. The van der Waals surface area contributed by atoms with Crippen molar-refractivity contribution in [2.24, 2.45) is 5.73 Å². The highest BCUT2D eigenvalue weighted by molar-refractivity contribution is 6.30. The molecule has 0 amide bonds. The minimum atomic E-state index is -0.881. The number of benzene rings is 2. The predicted octanol–water partition coefficient (Wildman–Crippen LogP) is 3.73. The second kappa shape index (κ2) is 5.99. The fourth-order valence-corrected chi connectivity index (χ4v) is 1.88. The van der Waals surface area contributed by atoms with Crippen LogP contribution < -0.4 is 11.1 Å². The van der Waals surface area contributed by atoms with Crippen molar-refractivity contribution in [3.05, 3.63) is 64.7 Å². The van der Waals surface area contributed by atoms with E-state index in [-0.39, 0.29) is 12.6 Å². The Labute approximate surface area is 115 Å². The Bertz CT molecular complexity index is 558. The zero-order valence-electron chi connectivity index (χ0n) is 10.0. The molecule has 2 rings (SSSR count). The third-order valence-electron chi connectivity index (χ3n) is 2.77. The number of hydrogen-bond donors (Lipinski definition) is 2. The van der Waals surface area contributed by atoms with Crippen molar-refractivity contribution in [2.75, 3.05) is 11.9 Å². The third kappa shape index (κ3) is 3.43. The van der Waals surface area contributed by atoms with Gasteiger partial charge in [0, 0.05) is 17.3 Å². The van der Waals surface area contributed by atoms with E-state index in [4.69, 9.17) is 17.3 Å². The molecule has 100 valence electrons. The summed E-state index contributed by atoms with van der Waals surface area (Å²) in [5, 5.41) is 3.77. The van der Waals surface area contributed by atoms with Crippen LogP contribution >= 0.6 is 11.6 Å². The first-order chi connectivity index (χ1) is 9.10. The molecule has 2 aromatic rings. The molecule has 0 saturated carbocycles. The maximum atomic E-state index is 13.2. The highest BCUT2D eigenvalue weighted by Gasteiger charge is 2.12. The van der Waals surface area contributed by atoms with E-state index in [1.807, 2.05) is 0 Å². The van der Waals surface area contributed by atoms with Gasteiger partial charge < -0.3 is 11.1 Å². The van der Waals surface area contributed by atoms with Gasteiger partial charge in [-0.1, -0.05) is 17.7 Å². The molecule has 0 aliphatic rings. The summed E-state index contributed by atoms with van der Waals surface area (Å²) in [4.78, 5) is 0. The van der Waals surface area contributed by atoms with Crippen LogP contribution in [0.25, 0.3) is 0 Å². The molecule has 0 aliphatic carbocycles. The number of hydrogen-bond acceptors (Lipinski definition) is 2. The lowest BCUT2D eigenvalue weighted by atomic mass is 10.1. The Morgan fingerprint density at radius 1 is 1.05 bits per heavy atom. The van der Waals surface area contributed by atoms with Gasteiger partial charge in [0.1, 0.15) is 0 Å². The van der Waals surface area contributed by atoms with Crippen molar-refractivity contribution in [1.29, 1.82) is 0 Å². The van der Waals surface area contributed by atoms with E-state index in [1.54, 1.807) is 24.3 Å². The molecule has 1 unspecified atom stereocenters. The zero-order chi connectivity index (χ0) is 13.8. The molecule has 5 heteroatoms. The fourth-order valence-electron chi connectivity index (χ4n) is 1.75.